The molecule has 0 unspecified atom stereocenters. The molecule has 26 heavy (non-hydrogen) atoms. The van der Waals surface area contributed by atoms with Gasteiger partial charge in [-0.1, -0.05) is 12.2 Å². The van der Waals surface area contributed by atoms with Gasteiger partial charge in [-0.3, -0.25) is 4.79 Å². The number of aromatic amines is 1. The van der Waals surface area contributed by atoms with Crippen molar-refractivity contribution in [3.8, 4) is 11.5 Å². The Hall–Kier alpha value is -2.96. The highest BCUT2D eigenvalue weighted by molar-refractivity contribution is 5.98. The highest BCUT2D eigenvalue weighted by Gasteiger charge is 2.18. The molecule has 0 saturated heterocycles. The fraction of sp³-hybridized carbons (Fsp3) is 0.368. The van der Waals surface area contributed by atoms with E-state index in [0.29, 0.717) is 30.1 Å². The number of carbonyl (C=O) groups is 2. The van der Waals surface area contributed by atoms with Gasteiger partial charge in [-0.2, -0.15) is 0 Å². The zero-order valence-electron chi connectivity index (χ0n) is 15.5. The number of nitrogens with zero attached hydrogens (tertiary/aromatic N) is 1. The van der Waals surface area contributed by atoms with Gasteiger partial charge in [-0.05, 0) is 26.0 Å². The van der Waals surface area contributed by atoms with Crippen molar-refractivity contribution < 1.29 is 23.8 Å². The van der Waals surface area contributed by atoms with Crippen molar-refractivity contribution in [3.63, 3.8) is 0 Å². The molecule has 0 saturated carbocycles. The van der Waals surface area contributed by atoms with Crippen molar-refractivity contribution in [3.05, 3.63) is 36.0 Å². The number of esters is 1. The third kappa shape index (κ3) is 4.36. The van der Waals surface area contributed by atoms with E-state index in [2.05, 4.69) is 11.6 Å². The predicted octanol–water partition coefficient (Wildman–Crippen LogP) is 2.77. The van der Waals surface area contributed by atoms with Gasteiger partial charge in [0.15, 0.2) is 6.61 Å². The maximum absolute atomic E-state index is 12.3. The number of hydrogen-bond acceptors (Lipinski definition) is 5. The molecular weight excluding hydrogens is 336 g/mol. The molecule has 0 atom stereocenters. The molecule has 140 valence electrons. The lowest BCUT2D eigenvalue weighted by atomic mass is 10.2. The van der Waals surface area contributed by atoms with Gasteiger partial charge in [0.1, 0.15) is 17.2 Å². The van der Waals surface area contributed by atoms with Crippen LogP contribution >= 0.6 is 0 Å². The second kappa shape index (κ2) is 8.42. The minimum Gasteiger partial charge on any atom is -0.497 e. The average molecular weight is 360 g/mol. The predicted molar refractivity (Wildman–Crippen MR) is 98.8 cm³/mol. The molecule has 0 aliphatic carbocycles. The van der Waals surface area contributed by atoms with E-state index >= 15 is 0 Å². The van der Waals surface area contributed by atoms with E-state index in [1.54, 1.807) is 30.2 Å². The van der Waals surface area contributed by atoms with Crippen molar-refractivity contribution in [2.45, 2.75) is 13.8 Å². The fourth-order valence-corrected chi connectivity index (χ4v) is 2.57. The third-order valence-corrected chi connectivity index (χ3v) is 3.86. The second-order valence-corrected chi connectivity index (χ2v) is 5.92. The Morgan fingerprint density at radius 2 is 1.92 bits per heavy atom. The summed E-state index contributed by atoms with van der Waals surface area (Å²) >= 11 is 0. The third-order valence-electron chi connectivity index (χ3n) is 3.86. The van der Waals surface area contributed by atoms with E-state index < -0.39 is 5.97 Å². The molecule has 1 N–H and O–H groups in total. The molecule has 2 rings (SSSR count). The lowest BCUT2D eigenvalue weighted by molar-refractivity contribution is -0.133. The second-order valence-electron chi connectivity index (χ2n) is 5.92. The van der Waals surface area contributed by atoms with Crippen LogP contribution in [-0.4, -0.2) is 55.7 Å². The van der Waals surface area contributed by atoms with E-state index in [0.717, 1.165) is 11.0 Å². The first-order chi connectivity index (χ1) is 12.4. The first kappa shape index (κ1) is 19.4. The van der Waals surface area contributed by atoms with E-state index in [9.17, 15) is 9.59 Å². The molecule has 7 heteroatoms. The maximum atomic E-state index is 12.3. The number of carbonyl (C=O) groups excluding carboxylic acids is 2. The van der Waals surface area contributed by atoms with Crippen LogP contribution in [0.4, 0.5) is 0 Å². The van der Waals surface area contributed by atoms with Crippen LogP contribution in [-0.2, 0) is 9.53 Å². The number of benzene rings is 1. The Kier molecular flexibility index (Phi) is 6.27. The average Bonchev–Trinajstić information content (AvgIpc) is 3.06. The Balaban J connectivity index is 2.12. The zero-order chi connectivity index (χ0) is 19.3. The normalized spacial score (nSPS) is 10.5. The molecule has 1 heterocycles. The maximum Gasteiger partial charge on any atom is 0.355 e. The van der Waals surface area contributed by atoms with E-state index in [4.69, 9.17) is 14.2 Å². The largest absolute Gasteiger partial charge is 0.497 e. The summed E-state index contributed by atoms with van der Waals surface area (Å²) in [6.07, 6.45) is 0. The summed E-state index contributed by atoms with van der Waals surface area (Å²) in [7, 11) is 3.09. The Morgan fingerprint density at radius 3 is 2.50 bits per heavy atom. The number of ether oxygens (including phenoxy) is 3. The van der Waals surface area contributed by atoms with E-state index in [1.807, 2.05) is 13.8 Å². The molecule has 0 radical (unpaired) electrons. The lowest BCUT2D eigenvalue weighted by Gasteiger charge is -2.20. The number of hydrogen-bond donors (Lipinski definition) is 1. The van der Waals surface area contributed by atoms with Crippen molar-refractivity contribution >= 4 is 22.8 Å². The number of likely N-dealkylation sites (N-methyl/N-ethyl adjacent to an activating group) is 1. The molecule has 0 bridgehead atoms. The SMILES string of the molecule is C=C(C)CN(CC)C(=O)COC(=O)c1cc2cc(OC)cc(OC)c2[nH]1. The van der Waals surface area contributed by atoms with Gasteiger partial charge in [-0.25, -0.2) is 4.79 Å². The highest BCUT2D eigenvalue weighted by atomic mass is 16.5. The molecular formula is C19H24N2O5. The van der Waals surface area contributed by atoms with Crippen molar-refractivity contribution in [1.82, 2.24) is 9.88 Å². The summed E-state index contributed by atoms with van der Waals surface area (Å²) in [5.41, 5.74) is 1.76. The van der Waals surface area contributed by atoms with Crippen LogP contribution in [0.2, 0.25) is 0 Å². The molecule has 0 spiro atoms. The minimum atomic E-state index is -0.609. The van der Waals surface area contributed by atoms with Crippen molar-refractivity contribution in [2.24, 2.45) is 0 Å². The van der Waals surface area contributed by atoms with Crippen molar-refractivity contribution in [1.29, 1.82) is 0 Å². The zero-order valence-corrected chi connectivity index (χ0v) is 15.5. The Morgan fingerprint density at radius 1 is 1.19 bits per heavy atom. The first-order valence-electron chi connectivity index (χ1n) is 8.23. The summed E-state index contributed by atoms with van der Waals surface area (Å²) in [6.45, 7) is 8.13. The van der Waals surface area contributed by atoms with Gasteiger partial charge in [0.25, 0.3) is 5.91 Å². The number of H-pyrrole nitrogens is 1. The molecule has 0 aliphatic heterocycles. The topological polar surface area (TPSA) is 80.9 Å². The molecule has 7 nitrogen and oxygen atoms in total. The van der Waals surface area contributed by atoms with Gasteiger partial charge in [0, 0.05) is 24.5 Å². The van der Waals surface area contributed by atoms with Gasteiger partial charge in [0.05, 0.1) is 19.7 Å². The summed E-state index contributed by atoms with van der Waals surface area (Å²) in [5.74, 6) is 0.288. The summed E-state index contributed by atoms with van der Waals surface area (Å²) < 4.78 is 15.7. The smallest absolute Gasteiger partial charge is 0.355 e. The van der Waals surface area contributed by atoms with Crippen molar-refractivity contribution in [2.75, 3.05) is 33.9 Å². The molecule has 0 fully saturated rings. The first-order valence-corrected chi connectivity index (χ1v) is 8.23. The Bertz CT molecular complexity index is 825. The van der Waals surface area contributed by atoms with Crippen LogP contribution in [0.5, 0.6) is 11.5 Å². The van der Waals surface area contributed by atoms with Crippen LogP contribution in [0.15, 0.2) is 30.4 Å². The summed E-state index contributed by atoms with van der Waals surface area (Å²) in [4.78, 5) is 29.0. The standard InChI is InChI=1S/C19H24N2O5/c1-6-21(10-12(2)3)17(22)11-26-19(23)15-8-13-7-14(24-4)9-16(25-5)18(13)20-15/h7-9,20H,2,6,10-11H2,1,3-5H3. The molecule has 0 aliphatic rings. The highest BCUT2D eigenvalue weighted by Crippen LogP contribution is 2.31. The fourth-order valence-electron chi connectivity index (χ4n) is 2.57. The van der Waals surface area contributed by atoms with Crippen LogP contribution in [0.25, 0.3) is 10.9 Å². The molecule has 1 amide bonds. The number of fused-ring (bicyclic) bond motifs is 1. The number of nitrogens with one attached hydrogen (secondary N) is 1. The monoisotopic (exact) mass is 360 g/mol. The van der Waals surface area contributed by atoms with Gasteiger partial charge >= 0.3 is 5.97 Å². The lowest BCUT2D eigenvalue weighted by Crippen LogP contribution is -2.35. The van der Waals surface area contributed by atoms with Crippen LogP contribution in [0.3, 0.4) is 0 Å². The quantitative estimate of drug-likeness (QED) is 0.578. The number of methoxy groups -OCH3 is 2. The summed E-state index contributed by atoms with van der Waals surface area (Å²) in [5, 5.41) is 0.747. The van der Waals surface area contributed by atoms with Gasteiger partial charge in [-0.15, -0.1) is 0 Å². The molecule has 1 aromatic carbocycles. The number of aromatic nitrogens is 1. The molecule has 1 aromatic heterocycles. The minimum absolute atomic E-state index is 0.238. The van der Waals surface area contributed by atoms with Gasteiger partial charge < -0.3 is 24.1 Å². The van der Waals surface area contributed by atoms with Crippen LogP contribution < -0.4 is 9.47 Å². The Labute approximate surface area is 152 Å². The van der Waals surface area contributed by atoms with E-state index in [1.165, 1.54) is 7.11 Å². The number of amides is 1. The van der Waals surface area contributed by atoms with E-state index in [-0.39, 0.29) is 18.2 Å². The van der Waals surface area contributed by atoms with Gasteiger partial charge in [0.2, 0.25) is 0 Å². The van der Waals surface area contributed by atoms with Crippen LogP contribution in [0, 0.1) is 0 Å². The van der Waals surface area contributed by atoms with Crippen LogP contribution in [0.1, 0.15) is 24.3 Å². The summed E-state index contributed by atoms with van der Waals surface area (Å²) in [6, 6.07) is 5.13. The molecule has 2 aromatic rings. The number of rotatable bonds is 8.